The fraction of sp³-hybridized carbons (Fsp3) is 0.250. The van der Waals surface area contributed by atoms with E-state index in [1.54, 1.807) is 6.07 Å². The molecule has 0 bridgehead atoms. The summed E-state index contributed by atoms with van der Waals surface area (Å²) in [5.41, 5.74) is 8.36. The first-order valence-electron chi connectivity index (χ1n) is 5.23. The van der Waals surface area contributed by atoms with E-state index >= 15 is 0 Å². The smallest absolute Gasteiger partial charge is 0.201 e. The predicted molar refractivity (Wildman–Crippen MR) is 70.2 cm³/mol. The SMILES string of the molecule is CCCc1c(-c2ccoc2Cl)sc(C#N)c1N. The van der Waals surface area contributed by atoms with E-state index in [1.807, 2.05) is 0 Å². The van der Waals surface area contributed by atoms with Crippen LogP contribution in [0.3, 0.4) is 0 Å². The van der Waals surface area contributed by atoms with Gasteiger partial charge in [0.15, 0.2) is 0 Å². The molecule has 5 heteroatoms. The van der Waals surface area contributed by atoms with Gasteiger partial charge < -0.3 is 10.2 Å². The van der Waals surface area contributed by atoms with Gasteiger partial charge in [0.05, 0.1) is 12.0 Å². The molecule has 2 rings (SSSR count). The number of furan rings is 1. The minimum absolute atomic E-state index is 0.341. The molecule has 0 unspecified atom stereocenters. The van der Waals surface area contributed by atoms with Crippen LogP contribution in [0.2, 0.25) is 5.22 Å². The van der Waals surface area contributed by atoms with E-state index in [1.165, 1.54) is 17.6 Å². The van der Waals surface area contributed by atoms with Crippen molar-refractivity contribution in [3.63, 3.8) is 0 Å². The van der Waals surface area contributed by atoms with Crippen LogP contribution in [0, 0.1) is 11.3 Å². The summed E-state index contributed by atoms with van der Waals surface area (Å²) in [6.45, 7) is 2.07. The van der Waals surface area contributed by atoms with Gasteiger partial charge in [-0.1, -0.05) is 13.3 Å². The van der Waals surface area contributed by atoms with Gasteiger partial charge in [0, 0.05) is 10.4 Å². The minimum Gasteiger partial charge on any atom is -0.452 e. The molecule has 0 radical (unpaired) electrons. The normalized spacial score (nSPS) is 10.4. The monoisotopic (exact) mass is 266 g/mol. The van der Waals surface area contributed by atoms with Gasteiger partial charge in [-0.05, 0) is 29.7 Å². The van der Waals surface area contributed by atoms with E-state index in [9.17, 15) is 0 Å². The summed E-state index contributed by atoms with van der Waals surface area (Å²) in [6.07, 6.45) is 3.34. The zero-order valence-corrected chi connectivity index (χ0v) is 10.9. The first-order valence-corrected chi connectivity index (χ1v) is 6.43. The second kappa shape index (κ2) is 4.82. The zero-order chi connectivity index (χ0) is 12.4. The summed E-state index contributed by atoms with van der Waals surface area (Å²) >= 11 is 7.33. The summed E-state index contributed by atoms with van der Waals surface area (Å²) in [5.74, 6) is 0. The topological polar surface area (TPSA) is 63.0 Å². The number of nitrogen functional groups attached to an aromatic ring is 1. The standard InChI is InChI=1S/C12H11ClN2OS/c1-2-3-7-10(15)9(6-14)17-11(7)8-4-5-16-12(8)13/h4-5H,2-3,15H2,1H3. The van der Waals surface area contributed by atoms with Crippen molar-refractivity contribution in [1.29, 1.82) is 5.26 Å². The molecule has 2 aromatic heterocycles. The van der Waals surface area contributed by atoms with E-state index in [2.05, 4.69) is 13.0 Å². The van der Waals surface area contributed by atoms with Gasteiger partial charge in [-0.25, -0.2) is 0 Å². The van der Waals surface area contributed by atoms with Crippen LogP contribution < -0.4 is 5.73 Å². The molecule has 0 fully saturated rings. The number of rotatable bonds is 3. The third-order valence-electron chi connectivity index (χ3n) is 2.51. The van der Waals surface area contributed by atoms with Crippen LogP contribution in [-0.4, -0.2) is 0 Å². The van der Waals surface area contributed by atoms with Gasteiger partial charge >= 0.3 is 0 Å². The van der Waals surface area contributed by atoms with E-state index in [0.717, 1.165) is 28.8 Å². The van der Waals surface area contributed by atoms with E-state index in [0.29, 0.717) is 15.8 Å². The van der Waals surface area contributed by atoms with Crippen LogP contribution in [0.4, 0.5) is 5.69 Å². The van der Waals surface area contributed by atoms with Crippen LogP contribution in [0.5, 0.6) is 0 Å². The van der Waals surface area contributed by atoms with Crippen LogP contribution in [0.1, 0.15) is 23.8 Å². The molecule has 2 heterocycles. The second-order valence-electron chi connectivity index (χ2n) is 3.62. The second-order valence-corrected chi connectivity index (χ2v) is 4.99. The lowest BCUT2D eigenvalue weighted by Gasteiger charge is -2.01. The highest BCUT2D eigenvalue weighted by Gasteiger charge is 2.19. The number of nitriles is 1. The predicted octanol–water partition coefficient (Wildman–Crippen LogP) is 4.07. The number of hydrogen-bond acceptors (Lipinski definition) is 4. The average molecular weight is 267 g/mol. The van der Waals surface area contributed by atoms with Crippen molar-refractivity contribution in [2.75, 3.05) is 5.73 Å². The molecule has 0 saturated carbocycles. The third kappa shape index (κ3) is 2.04. The number of nitrogens with two attached hydrogens (primary N) is 1. The van der Waals surface area contributed by atoms with Crippen molar-refractivity contribution >= 4 is 28.6 Å². The van der Waals surface area contributed by atoms with Crippen molar-refractivity contribution in [1.82, 2.24) is 0 Å². The molecule has 0 aromatic carbocycles. The molecule has 2 aromatic rings. The molecule has 0 atom stereocenters. The van der Waals surface area contributed by atoms with Crippen molar-refractivity contribution in [2.45, 2.75) is 19.8 Å². The van der Waals surface area contributed by atoms with Crippen LogP contribution in [0.25, 0.3) is 10.4 Å². The summed E-state index contributed by atoms with van der Waals surface area (Å²) in [4.78, 5) is 1.49. The highest BCUT2D eigenvalue weighted by Crippen LogP contribution is 2.42. The number of hydrogen-bond donors (Lipinski definition) is 1. The summed E-state index contributed by atoms with van der Waals surface area (Å²) in [7, 11) is 0. The van der Waals surface area contributed by atoms with Gasteiger partial charge in [-0.15, -0.1) is 11.3 Å². The molecule has 0 aliphatic rings. The van der Waals surface area contributed by atoms with Gasteiger partial charge in [-0.3, -0.25) is 0 Å². The lowest BCUT2D eigenvalue weighted by molar-refractivity contribution is 0.570. The van der Waals surface area contributed by atoms with Crippen molar-refractivity contribution in [2.24, 2.45) is 0 Å². The quantitative estimate of drug-likeness (QED) is 0.911. The largest absolute Gasteiger partial charge is 0.452 e. The molecule has 88 valence electrons. The Morgan fingerprint density at radius 2 is 2.35 bits per heavy atom. The molecule has 0 aliphatic carbocycles. The Bertz CT molecular complexity index is 580. The van der Waals surface area contributed by atoms with E-state index in [-0.39, 0.29) is 0 Å². The number of halogens is 1. The van der Waals surface area contributed by atoms with E-state index < -0.39 is 0 Å². The Hall–Kier alpha value is -1.44. The molecule has 0 saturated heterocycles. The average Bonchev–Trinajstić information content (AvgIpc) is 2.85. The maximum Gasteiger partial charge on any atom is 0.201 e. The first kappa shape index (κ1) is 12.0. The van der Waals surface area contributed by atoms with Gasteiger partial charge in [0.2, 0.25) is 5.22 Å². The molecule has 0 aliphatic heterocycles. The highest BCUT2D eigenvalue weighted by atomic mass is 35.5. The summed E-state index contributed by atoms with van der Waals surface area (Å²) < 4.78 is 5.08. The molecule has 3 nitrogen and oxygen atoms in total. The fourth-order valence-corrected chi connectivity index (χ4v) is 3.09. The Kier molecular flexibility index (Phi) is 3.41. The summed E-state index contributed by atoms with van der Waals surface area (Å²) in [5, 5.41) is 9.36. The Morgan fingerprint density at radius 1 is 1.59 bits per heavy atom. The fourth-order valence-electron chi connectivity index (χ4n) is 1.73. The number of nitrogens with zero attached hydrogens (tertiary/aromatic N) is 1. The van der Waals surface area contributed by atoms with Crippen molar-refractivity contribution in [3.8, 4) is 16.5 Å². The van der Waals surface area contributed by atoms with Crippen LogP contribution in [-0.2, 0) is 6.42 Å². The zero-order valence-electron chi connectivity index (χ0n) is 9.29. The number of thiophene rings is 1. The van der Waals surface area contributed by atoms with Crippen molar-refractivity contribution in [3.05, 3.63) is 28.0 Å². The van der Waals surface area contributed by atoms with Crippen LogP contribution in [0.15, 0.2) is 16.7 Å². The Morgan fingerprint density at radius 3 is 2.88 bits per heavy atom. The summed E-state index contributed by atoms with van der Waals surface area (Å²) in [6, 6.07) is 3.92. The molecule has 17 heavy (non-hydrogen) atoms. The lowest BCUT2D eigenvalue weighted by Crippen LogP contribution is -1.92. The van der Waals surface area contributed by atoms with Gasteiger partial charge in [-0.2, -0.15) is 5.26 Å². The number of anilines is 1. The maximum absolute atomic E-state index is 9.02. The molecule has 2 N–H and O–H groups in total. The first-order chi connectivity index (χ1) is 8.19. The highest BCUT2D eigenvalue weighted by molar-refractivity contribution is 7.16. The Labute approximate surface area is 108 Å². The third-order valence-corrected chi connectivity index (χ3v) is 3.99. The maximum atomic E-state index is 9.02. The lowest BCUT2D eigenvalue weighted by atomic mass is 10.1. The Balaban J connectivity index is 2.61. The van der Waals surface area contributed by atoms with Crippen molar-refractivity contribution < 1.29 is 4.42 Å². The molecular formula is C12H11ClN2OS. The van der Waals surface area contributed by atoms with Crippen LogP contribution >= 0.6 is 22.9 Å². The van der Waals surface area contributed by atoms with Gasteiger partial charge in [0.25, 0.3) is 0 Å². The minimum atomic E-state index is 0.341. The molecular weight excluding hydrogens is 256 g/mol. The van der Waals surface area contributed by atoms with E-state index in [4.69, 9.17) is 27.0 Å². The molecule has 0 spiro atoms. The molecule has 0 amide bonds. The van der Waals surface area contributed by atoms with Gasteiger partial charge in [0.1, 0.15) is 10.9 Å².